The van der Waals surface area contributed by atoms with Crippen molar-refractivity contribution in [2.45, 2.75) is 30.7 Å². The molecule has 1 aliphatic rings. The summed E-state index contributed by atoms with van der Waals surface area (Å²) in [7, 11) is 0. The third kappa shape index (κ3) is 4.20. The molecule has 1 aromatic heterocycles. The first kappa shape index (κ1) is 23.6. The first-order valence-electron chi connectivity index (χ1n) is 6.83. The van der Waals surface area contributed by atoms with Crippen LogP contribution in [0.15, 0.2) is 22.8 Å². The summed E-state index contributed by atoms with van der Waals surface area (Å²) in [6, 6.07) is 3.46. The van der Waals surface area contributed by atoms with E-state index in [2.05, 4.69) is 20.9 Å². The number of nitrogens with one attached hydrogen (secondary N) is 1. The largest absolute Gasteiger partial charge is 1.00 e. The van der Waals surface area contributed by atoms with Gasteiger partial charge < -0.3 is 45.2 Å². The number of aliphatic hydroxyl groups excluding tert-OH is 3. The van der Waals surface area contributed by atoms with Gasteiger partial charge in [0.15, 0.2) is 0 Å². The number of halogens is 2. The molecule has 138 valence electrons. The van der Waals surface area contributed by atoms with E-state index in [1.807, 2.05) is 0 Å². The van der Waals surface area contributed by atoms with Gasteiger partial charge in [0.2, 0.25) is 6.29 Å². The maximum Gasteiger partial charge on any atom is 1.00 e. The van der Waals surface area contributed by atoms with E-state index >= 15 is 0 Å². The first-order chi connectivity index (χ1) is 11.3. The summed E-state index contributed by atoms with van der Waals surface area (Å²) in [4.78, 5) is 13.9. The van der Waals surface area contributed by atoms with Gasteiger partial charge in [-0.1, -0.05) is 11.6 Å². The number of aromatic amines is 1. The predicted molar refractivity (Wildman–Crippen MR) is 86.9 cm³/mol. The summed E-state index contributed by atoms with van der Waals surface area (Å²) >= 11 is 9.49. The Morgan fingerprint density at radius 2 is 1.92 bits per heavy atom. The number of aliphatic hydroxyl groups is 3. The van der Waals surface area contributed by atoms with Crippen LogP contribution in [0.4, 0.5) is 0 Å². The molecule has 1 aliphatic heterocycles. The van der Waals surface area contributed by atoms with Crippen LogP contribution in [0.2, 0.25) is 5.02 Å². The van der Waals surface area contributed by atoms with Crippen molar-refractivity contribution in [3.05, 3.63) is 27.8 Å². The quantitative estimate of drug-likeness (QED) is 0.335. The molecule has 0 spiro atoms. The number of carbonyl (C=O) groups excluding carboxylic acids is 1. The minimum absolute atomic E-state index is 0. The minimum Gasteiger partial charge on any atom is -0.547 e. The van der Waals surface area contributed by atoms with E-state index in [1.165, 1.54) is 6.20 Å². The summed E-state index contributed by atoms with van der Waals surface area (Å²) in [6.07, 6.45) is -7.23. The van der Waals surface area contributed by atoms with Gasteiger partial charge >= 0.3 is 29.6 Å². The molecule has 1 saturated heterocycles. The van der Waals surface area contributed by atoms with Crippen LogP contribution in [-0.4, -0.2) is 62.5 Å². The van der Waals surface area contributed by atoms with Gasteiger partial charge in [-0.25, -0.2) is 0 Å². The number of benzene rings is 1. The molecule has 1 fully saturated rings. The van der Waals surface area contributed by atoms with Crippen molar-refractivity contribution in [2.24, 2.45) is 0 Å². The van der Waals surface area contributed by atoms with E-state index in [9.17, 15) is 25.2 Å². The number of rotatable bonds is 3. The Labute approximate surface area is 182 Å². The normalized spacial score (nSPS) is 28.1. The standard InChI is InChI=1S/C14H13BrClNO7.Na.H2O/c15-4-1-2-5-7(8(4)16)6(3-17-5)23-14-11(20)9(18)10(19)12(24-14)13(21)22;;/h1-3,9-12,14,17-20H,(H,21,22);;1H2/q;+1;/p-1/t9-,10-,11+,12-,14+;;/m0../s1. The Bertz CT molecular complexity index is 790. The van der Waals surface area contributed by atoms with Gasteiger partial charge in [0.1, 0.15) is 30.2 Å². The van der Waals surface area contributed by atoms with Crippen molar-refractivity contribution in [3.63, 3.8) is 0 Å². The Morgan fingerprint density at radius 1 is 1.27 bits per heavy atom. The monoisotopic (exact) mass is 461 g/mol. The number of carbonyl (C=O) groups is 1. The number of carboxylic acid groups (broad SMARTS) is 1. The van der Waals surface area contributed by atoms with Crippen LogP contribution in [0.25, 0.3) is 10.9 Å². The van der Waals surface area contributed by atoms with Crippen molar-refractivity contribution in [1.82, 2.24) is 4.98 Å². The Kier molecular flexibility index (Phi) is 8.36. The van der Waals surface area contributed by atoms with Crippen LogP contribution < -0.4 is 39.4 Å². The zero-order valence-electron chi connectivity index (χ0n) is 13.3. The smallest absolute Gasteiger partial charge is 0.547 e. The van der Waals surface area contributed by atoms with Crippen molar-refractivity contribution >= 4 is 44.4 Å². The third-order valence-electron chi connectivity index (χ3n) is 3.75. The molecule has 26 heavy (non-hydrogen) atoms. The van der Waals surface area contributed by atoms with Gasteiger partial charge in [-0.2, -0.15) is 0 Å². The van der Waals surface area contributed by atoms with Gasteiger partial charge in [0, 0.05) is 10.7 Å². The topological polar surface area (TPSA) is 167 Å². The molecule has 0 aliphatic carbocycles. The molecule has 5 atom stereocenters. The fourth-order valence-corrected chi connectivity index (χ4v) is 3.07. The van der Waals surface area contributed by atoms with Gasteiger partial charge in [-0.15, -0.1) is 0 Å². The molecule has 0 radical (unpaired) electrons. The number of ether oxygens (including phenoxy) is 2. The molecule has 6 N–H and O–H groups in total. The zero-order chi connectivity index (χ0) is 17.6. The molecule has 12 heteroatoms. The molecule has 2 heterocycles. The minimum atomic E-state index is -1.85. The van der Waals surface area contributed by atoms with Crippen LogP contribution >= 0.6 is 27.5 Å². The zero-order valence-corrected chi connectivity index (χ0v) is 17.7. The number of aromatic nitrogens is 1. The third-order valence-corrected chi connectivity index (χ3v) is 5.03. The summed E-state index contributed by atoms with van der Waals surface area (Å²) in [5.74, 6) is -1.55. The summed E-state index contributed by atoms with van der Waals surface area (Å²) in [5.41, 5.74) is 0.639. The van der Waals surface area contributed by atoms with E-state index in [0.717, 1.165) is 0 Å². The number of aliphatic carboxylic acids is 1. The maximum atomic E-state index is 11.0. The molecule has 0 bridgehead atoms. The Balaban J connectivity index is 0.00000169. The van der Waals surface area contributed by atoms with Gasteiger partial charge in [-0.3, -0.25) is 0 Å². The van der Waals surface area contributed by atoms with Crippen LogP contribution in [0.1, 0.15) is 0 Å². The van der Waals surface area contributed by atoms with Gasteiger partial charge in [0.25, 0.3) is 0 Å². The van der Waals surface area contributed by atoms with E-state index in [-0.39, 0.29) is 40.8 Å². The molecule has 0 unspecified atom stereocenters. The van der Waals surface area contributed by atoms with Crippen molar-refractivity contribution in [1.29, 1.82) is 0 Å². The van der Waals surface area contributed by atoms with E-state index in [1.54, 1.807) is 12.1 Å². The summed E-state index contributed by atoms with van der Waals surface area (Å²) < 4.78 is 11.1. The number of carboxylic acids is 1. The Morgan fingerprint density at radius 3 is 2.54 bits per heavy atom. The molecule has 3 rings (SSSR count). The van der Waals surface area contributed by atoms with E-state index in [4.69, 9.17) is 21.1 Å². The summed E-state index contributed by atoms with van der Waals surface area (Å²) in [5, 5.41) is 41.2. The van der Waals surface area contributed by atoms with E-state index in [0.29, 0.717) is 20.4 Å². The molecule has 2 aromatic rings. The SMILES string of the molecule is O.O=C([O-])[C@H]1O[C@@H](Oc2c[nH]c3ccc(Br)c(Cl)c23)[C@H](O)[C@@H](O)[C@@H]1O.[Na+]. The maximum absolute atomic E-state index is 11.0. The van der Waals surface area contributed by atoms with Crippen LogP contribution in [0.5, 0.6) is 5.75 Å². The number of hydrogen-bond acceptors (Lipinski definition) is 7. The van der Waals surface area contributed by atoms with E-state index < -0.39 is 36.7 Å². The number of fused-ring (bicyclic) bond motifs is 1. The second-order valence-electron chi connectivity index (χ2n) is 5.27. The van der Waals surface area contributed by atoms with Crippen molar-refractivity contribution < 1.29 is 69.7 Å². The van der Waals surface area contributed by atoms with Crippen LogP contribution in [0, 0.1) is 0 Å². The van der Waals surface area contributed by atoms with Crippen molar-refractivity contribution in [3.8, 4) is 5.75 Å². The van der Waals surface area contributed by atoms with Gasteiger partial charge in [-0.05, 0) is 28.1 Å². The molecule has 9 nitrogen and oxygen atoms in total. The Hall–Kier alpha value is -0.400. The second-order valence-corrected chi connectivity index (χ2v) is 6.50. The fourth-order valence-electron chi connectivity index (χ4n) is 2.49. The molecule has 0 saturated carbocycles. The second kappa shape index (κ2) is 9.20. The van der Waals surface area contributed by atoms with Crippen molar-refractivity contribution in [2.75, 3.05) is 0 Å². The first-order valence-corrected chi connectivity index (χ1v) is 8.00. The average molecular weight is 463 g/mol. The molecule has 0 amide bonds. The van der Waals surface area contributed by atoms with Crippen LogP contribution in [-0.2, 0) is 9.53 Å². The average Bonchev–Trinajstić information content (AvgIpc) is 2.94. The fraction of sp³-hybridized carbons (Fsp3) is 0.357. The number of hydrogen-bond donors (Lipinski definition) is 4. The van der Waals surface area contributed by atoms with Crippen LogP contribution in [0.3, 0.4) is 0 Å². The molecular weight excluding hydrogens is 449 g/mol. The summed E-state index contributed by atoms with van der Waals surface area (Å²) in [6.45, 7) is 0. The molecule has 1 aromatic carbocycles. The van der Waals surface area contributed by atoms with Gasteiger partial charge in [0.05, 0.1) is 21.9 Å². The number of H-pyrrole nitrogens is 1. The molecular formula is C14H14BrClNNaO8. The predicted octanol–water partition coefficient (Wildman–Crippen LogP) is -4.30.